The Labute approximate surface area is 158 Å². The third kappa shape index (κ3) is 2.67. The van der Waals surface area contributed by atoms with Gasteiger partial charge < -0.3 is 0 Å². The quantitative estimate of drug-likeness (QED) is 0.667. The van der Waals surface area contributed by atoms with Crippen LogP contribution >= 0.6 is 0 Å². The van der Waals surface area contributed by atoms with Gasteiger partial charge in [0.25, 0.3) is 0 Å². The number of aryl methyl sites for hydroxylation is 2. The van der Waals surface area contributed by atoms with Gasteiger partial charge in [0.1, 0.15) is 0 Å². The van der Waals surface area contributed by atoms with Crippen LogP contribution in [0.5, 0.6) is 0 Å². The lowest BCUT2D eigenvalue weighted by atomic mass is 9.68. The van der Waals surface area contributed by atoms with Gasteiger partial charge in [-0.1, -0.05) is 81.7 Å². The van der Waals surface area contributed by atoms with Crippen molar-refractivity contribution in [3.63, 3.8) is 0 Å². The Balaban J connectivity index is 2.03. The van der Waals surface area contributed by atoms with Gasteiger partial charge in [0.15, 0.2) is 0 Å². The second kappa shape index (κ2) is 6.58. The Bertz CT molecular complexity index is 991. The van der Waals surface area contributed by atoms with E-state index in [0.29, 0.717) is 0 Å². The van der Waals surface area contributed by atoms with E-state index < -0.39 is 0 Å². The molecule has 0 aromatic heterocycles. The summed E-state index contributed by atoms with van der Waals surface area (Å²) in [5.74, 6) is 0. The highest BCUT2D eigenvalue weighted by Gasteiger charge is 2.34. The van der Waals surface area contributed by atoms with Gasteiger partial charge in [-0.05, 0) is 70.6 Å². The van der Waals surface area contributed by atoms with Crippen LogP contribution < -0.4 is 10.4 Å². The van der Waals surface area contributed by atoms with Crippen LogP contribution in [0.3, 0.4) is 0 Å². The van der Waals surface area contributed by atoms with E-state index in [1.54, 1.807) is 5.57 Å². The van der Waals surface area contributed by atoms with Gasteiger partial charge in [-0.2, -0.15) is 0 Å². The molecule has 1 atom stereocenters. The molecule has 134 valence electrons. The Kier molecular flexibility index (Phi) is 4.39. The van der Waals surface area contributed by atoms with Crippen molar-refractivity contribution in [1.82, 2.24) is 0 Å². The molecule has 4 rings (SSSR count). The van der Waals surface area contributed by atoms with E-state index >= 15 is 0 Å². The summed E-state index contributed by atoms with van der Waals surface area (Å²) in [6, 6.07) is 4.77. The average Bonchev–Trinajstić information content (AvgIpc) is 3.22. The normalized spacial score (nSPS) is 23.2. The van der Waals surface area contributed by atoms with Crippen LogP contribution in [0.15, 0.2) is 59.2 Å². The van der Waals surface area contributed by atoms with Crippen molar-refractivity contribution in [3.05, 3.63) is 80.8 Å². The average molecular weight is 343 g/mol. The Hall–Kier alpha value is -2.08. The summed E-state index contributed by atoms with van der Waals surface area (Å²) in [4.78, 5) is 0. The molecular formula is C26H30. The van der Waals surface area contributed by atoms with E-state index in [9.17, 15) is 0 Å². The van der Waals surface area contributed by atoms with Gasteiger partial charge in [-0.15, -0.1) is 0 Å². The first kappa shape index (κ1) is 17.3. The van der Waals surface area contributed by atoms with Crippen LogP contribution in [0.2, 0.25) is 0 Å². The Morgan fingerprint density at radius 3 is 2.62 bits per heavy atom. The first-order chi connectivity index (χ1) is 12.6. The summed E-state index contributed by atoms with van der Waals surface area (Å²) in [7, 11) is 0. The molecule has 0 nitrogen and oxygen atoms in total. The van der Waals surface area contributed by atoms with Crippen molar-refractivity contribution < 1.29 is 0 Å². The predicted octanol–water partition coefficient (Wildman–Crippen LogP) is 5.45. The fraction of sp³-hybridized carbons (Fsp3) is 0.385. The molecule has 0 spiro atoms. The van der Waals surface area contributed by atoms with Gasteiger partial charge in [-0.25, -0.2) is 0 Å². The number of fused-ring (bicyclic) bond motifs is 2. The molecule has 0 heterocycles. The standard InChI is InChI=1S/C26H30/c1-5-9-20-15-18(3)16-21-17-23-22(24(20)21)12-14-26(4,13-6-2)25(23)19-10-7-8-11-19/h7-8,10,12,14-17H,5-6,9,11,13H2,1-4H3. The van der Waals surface area contributed by atoms with E-state index in [-0.39, 0.29) is 5.41 Å². The van der Waals surface area contributed by atoms with Crippen LogP contribution in [0.1, 0.15) is 57.6 Å². The largest absolute Gasteiger partial charge is 0.0801 e. The molecule has 0 bridgehead atoms. The minimum Gasteiger partial charge on any atom is -0.0801 e. The fourth-order valence-corrected chi connectivity index (χ4v) is 5.11. The van der Waals surface area contributed by atoms with E-state index in [1.165, 1.54) is 57.5 Å². The molecule has 3 aliphatic rings. The molecular weight excluding hydrogens is 312 g/mol. The predicted molar refractivity (Wildman–Crippen MR) is 113 cm³/mol. The number of hydrogen-bond donors (Lipinski definition) is 0. The summed E-state index contributed by atoms with van der Waals surface area (Å²) < 4.78 is 0. The molecule has 0 N–H and O–H groups in total. The van der Waals surface area contributed by atoms with E-state index in [0.717, 1.165) is 12.8 Å². The molecule has 0 radical (unpaired) electrons. The molecule has 1 unspecified atom stereocenters. The molecule has 0 fully saturated rings. The zero-order chi connectivity index (χ0) is 18.3. The molecule has 3 aliphatic carbocycles. The van der Waals surface area contributed by atoms with Gasteiger partial charge >= 0.3 is 0 Å². The molecule has 0 saturated carbocycles. The monoisotopic (exact) mass is 342 g/mol. The van der Waals surface area contributed by atoms with Crippen molar-refractivity contribution in [1.29, 1.82) is 0 Å². The van der Waals surface area contributed by atoms with Crippen LogP contribution in [0, 0.1) is 12.3 Å². The number of benzene rings is 1. The number of allylic oxidation sites excluding steroid dienone is 8. The van der Waals surface area contributed by atoms with Crippen molar-refractivity contribution in [2.24, 2.45) is 5.41 Å². The maximum atomic E-state index is 2.49. The Morgan fingerprint density at radius 1 is 1.08 bits per heavy atom. The molecule has 0 heteroatoms. The van der Waals surface area contributed by atoms with E-state index in [4.69, 9.17) is 0 Å². The minimum atomic E-state index is 0.143. The number of rotatable bonds is 5. The first-order valence-corrected chi connectivity index (χ1v) is 10.2. The number of hydrogen-bond acceptors (Lipinski definition) is 0. The zero-order valence-electron chi connectivity index (χ0n) is 16.7. The molecule has 26 heavy (non-hydrogen) atoms. The lowest BCUT2D eigenvalue weighted by Crippen LogP contribution is -2.28. The zero-order valence-corrected chi connectivity index (χ0v) is 16.7. The van der Waals surface area contributed by atoms with Crippen LogP contribution in [-0.4, -0.2) is 0 Å². The lowest BCUT2D eigenvalue weighted by molar-refractivity contribution is 0.462. The maximum absolute atomic E-state index is 2.49. The highest BCUT2D eigenvalue weighted by atomic mass is 14.4. The highest BCUT2D eigenvalue weighted by Crippen LogP contribution is 2.48. The first-order valence-electron chi connectivity index (χ1n) is 10.2. The van der Waals surface area contributed by atoms with Crippen LogP contribution in [0.25, 0.3) is 11.6 Å². The van der Waals surface area contributed by atoms with Crippen molar-refractivity contribution in [2.45, 2.75) is 59.8 Å². The second-order valence-corrected chi connectivity index (χ2v) is 8.31. The summed E-state index contributed by atoms with van der Waals surface area (Å²) in [5, 5.41) is 2.92. The highest BCUT2D eigenvalue weighted by molar-refractivity contribution is 5.92. The minimum absolute atomic E-state index is 0.143. The summed E-state index contributed by atoms with van der Waals surface area (Å²) in [6.07, 6.45) is 20.1. The molecule has 0 saturated heterocycles. The van der Waals surface area contributed by atoms with Crippen molar-refractivity contribution in [2.75, 3.05) is 0 Å². The summed E-state index contributed by atoms with van der Waals surface area (Å²) >= 11 is 0. The Morgan fingerprint density at radius 2 is 1.92 bits per heavy atom. The van der Waals surface area contributed by atoms with Gasteiger partial charge in [0.2, 0.25) is 0 Å². The lowest BCUT2D eigenvalue weighted by Gasteiger charge is -2.35. The molecule has 1 aromatic carbocycles. The SMILES string of the molecule is CCCc1cc(C)cc2c1=C1C=CC(C)(CCC)C(C3=CC=CC3)=C1C=2. The fourth-order valence-electron chi connectivity index (χ4n) is 5.11. The third-order valence-corrected chi connectivity index (χ3v) is 6.09. The molecule has 0 amide bonds. The van der Waals surface area contributed by atoms with E-state index in [2.05, 4.69) is 76.3 Å². The summed E-state index contributed by atoms with van der Waals surface area (Å²) in [6.45, 7) is 9.25. The summed E-state index contributed by atoms with van der Waals surface area (Å²) in [5.41, 5.74) is 9.06. The topological polar surface area (TPSA) is 0 Å². The van der Waals surface area contributed by atoms with Gasteiger partial charge in [-0.3, -0.25) is 0 Å². The van der Waals surface area contributed by atoms with Gasteiger partial charge in [0, 0.05) is 5.41 Å². The molecule has 1 aromatic rings. The smallest absolute Gasteiger partial charge is 0.0116 e. The molecule has 0 aliphatic heterocycles. The third-order valence-electron chi connectivity index (χ3n) is 6.09. The van der Waals surface area contributed by atoms with Crippen molar-refractivity contribution >= 4 is 11.6 Å². The van der Waals surface area contributed by atoms with E-state index in [1.807, 2.05) is 0 Å². The van der Waals surface area contributed by atoms with Crippen LogP contribution in [-0.2, 0) is 6.42 Å². The second-order valence-electron chi connectivity index (χ2n) is 8.31. The van der Waals surface area contributed by atoms with Crippen LogP contribution in [0.4, 0.5) is 0 Å². The van der Waals surface area contributed by atoms with Gasteiger partial charge in [0.05, 0.1) is 0 Å². The van der Waals surface area contributed by atoms with Crippen molar-refractivity contribution in [3.8, 4) is 0 Å². The maximum Gasteiger partial charge on any atom is 0.0116 e.